The molecule has 1 saturated carbocycles. The van der Waals surface area contributed by atoms with Crippen molar-refractivity contribution in [3.63, 3.8) is 0 Å². The highest BCUT2D eigenvalue weighted by Crippen LogP contribution is 2.19. The second-order valence-electron chi connectivity index (χ2n) is 12.6. The third-order valence-corrected chi connectivity index (χ3v) is 8.94. The Morgan fingerprint density at radius 3 is 2.22 bits per heavy atom. The predicted octanol–water partition coefficient (Wildman–Crippen LogP) is 4.96. The van der Waals surface area contributed by atoms with Gasteiger partial charge in [-0.15, -0.1) is 0 Å². The number of nitrogens with one attached hydrogen (secondary N) is 2. The van der Waals surface area contributed by atoms with Gasteiger partial charge in [-0.1, -0.05) is 69.5 Å². The molecule has 3 amide bonds. The molecule has 0 bridgehead atoms. The lowest BCUT2D eigenvalue weighted by Crippen LogP contribution is -2.54. The Hall–Kier alpha value is -3.43. The van der Waals surface area contributed by atoms with Crippen molar-refractivity contribution in [2.24, 2.45) is 0 Å². The van der Waals surface area contributed by atoms with Gasteiger partial charge < -0.3 is 30.1 Å². The molecule has 0 spiro atoms. The summed E-state index contributed by atoms with van der Waals surface area (Å²) in [5, 5.41) is 6.89. The van der Waals surface area contributed by atoms with Gasteiger partial charge in [-0.25, -0.2) is 4.79 Å². The zero-order chi connectivity index (χ0) is 32.0. The second kappa shape index (κ2) is 17.9. The van der Waals surface area contributed by atoms with E-state index in [-0.39, 0.29) is 17.9 Å². The number of carbonyl (C=O) groups is 3. The molecule has 246 valence electrons. The fourth-order valence-electron chi connectivity index (χ4n) is 6.27. The quantitative estimate of drug-likeness (QED) is 0.310. The monoisotopic (exact) mass is 619 g/mol. The summed E-state index contributed by atoms with van der Waals surface area (Å²) < 4.78 is 6.27. The highest BCUT2D eigenvalue weighted by atomic mass is 16.6. The van der Waals surface area contributed by atoms with Crippen LogP contribution in [-0.2, 0) is 11.2 Å². The number of carbonyl (C=O) groups excluding carboxylic acids is 3. The number of amides is 3. The lowest BCUT2D eigenvalue weighted by Gasteiger charge is -2.35. The van der Waals surface area contributed by atoms with Crippen molar-refractivity contribution in [1.82, 2.24) is 25.3 Å². The van der Waals surface area contributed by atoms with Crippen LogP contribution in [-0.4, -0.2) is 104 Å². The molecule has 1 aliphatic heterocycles. The summed E-state index contributed by atoms with van der Waals surface area (Å²) in [6.45, 7) is 8.74. The highest BCUT2D eigenvalue weighted by Gasteiger charge is 2.31. The van der Waals surface area contributed by atoms with Gasteiger partial charge in [0.1, 0.15) is 6.10 Å². The lowest BCUT2D eigenvalue weighted by molar-refractivity contribution is 0.0313. The van der Waals surface area contributed by atoms with E-state index in [4.69, 9.17) is 4.74 Å². The minimum Gasteiger partial charge on any atom is -0.443 e. The van der Waals surface area contributed by atoms with Gasteiger partial charge >= 0.3 is 6.09 Å². The van der Waals surface area contributed by atoms with Gasteiger partial charge in [0.2, 0.25) is 0 Å². The summed E-state index contributed by atoms with van der Waals surface area (Å²) in [5.41, 5.74) is 1.96. The summed E-state index contributed by atoms with van der Waals surface area (Å²) in [5.74, 6) is -0.355. The number of likely N-dealkylation sites (N-methyl/N-ethyl adjacent to an activating group) is 1. The summed E-state index contributed by atoms with van der Waals surface area (Å²) in [7, 11) is 2.05. The molecular weight excluding hydrogens is 566 g/mol. The van der Waals surface area contributed by atoms with Gasteiger partial charge in [-0.3, -0.25) is 9.59 Å². The van der Waals surface area contributed by atoms with E-state index in [1.807, 2.05) is 35.2 Å². The number of rotatable bonds is 14. The molecule has 0 aromatic heterocycles. The first kappa shape index (κ1) is 34.4. The van der Waals surface area contributed by atoms with Crippen LogP contribution in [0.5, 0.6) is 0 Å². The fourth-order valence-corrected chi connectivity index (χ4v) is 6.27. The first-order chi connectivity index (χ1) is 21.9. The van der Waals surface area contributed by atoms with E-state index >= 15 is 0 Å². The van der Waals surface area contributed by atoms with Gasteiger partial charge in [0.15, 0.2) is 0 Å². The molecule has 2 aromatic rings. The minimum absolute atomic E-state index is 0.0650. The highest BCUT2D eigenvalue weighted by molar-refractivity contribution is 5.99. The maximum absolute atomic E-state index is 13.9. The number of piperazine rings is 1. The van der Waals surface area contributed by atoms with Crippen molar-refractivity contribution >= 4 is 17.9 Å². The second-order valence-corrected chi connectivity index (χ2v) is 12.6. The molecule has 9 heteroatoms. The molecule has 2 atom stereocenters. The maximum atomic E-state index is 13.9. The van der Waals surface area contributed by atoms with Crippen LogP contribution >= 0.6 is 0 Å². The van der Waals surface area contributed by atoms with E-state index in [9.17, 15) is 14.4 Å². The predicted molar refractivity (Wildman–Crippen MR) is 179 cm³/mol. The van der Waals surface area contributed by atoms with Crippen LogP contribution in [0, 0.1) is 0 Å². The zero-order valence-corrected chi connectivity index (χ0v) is 27.5. The average Bonchev–Trinajstić information content (AvgIpc) is 3.07. The molecular formula is C36H53N5O4. The van der Waals surface area contributed by atoms with E-state index in [1.165, 1.54) is 19.3 Å². The minimum atomic E-state index is -0.586. The normalized spacial score (nSPS) is 17.4. The van der Waals surface area contributed by atoms with Crippen LogP contribution < -0.4 is 10.6 Å². The first-order valence-electron chi connectivity index (χ1n) is 17.0. The van der Waals surface area contributed by atoms with Crippen LogP contribution in [0.15, 0.2) is 54.6 Å². The summed E-state index contributed by atoms with van der Waals surface area (Å²) in [6, 6.07) is 16.8. The number of hydrogen-bond donors (Lipinski definition) is 2. The standard InChI is InChI=1S/C36H53N5O4/c1-4-19-40(20-5-2)35(43)30-16-12-15-29(26-30)34(42)38-32(25-28-13-8-6-9-14-28)33(27-37-31-17-10-7-11-18-31)45-36(44)41-23-21-39(3)22-24-41/h6,8-9,12-16,26,31-33,37H,4-5,7,10-11,17-25,27H2,1-3H3,(H,38,42)/t32-,33+/m0/s1. The van der Waals surface area contributed by atoms with Gasteiger partial charge in [0.25, 0.3) is 11.8 Å². The number of hydrogen-bond acceptors (Lipinski definition) is 6. The van der Waals surface area contributed by atoms with Crippen LogP contribution in [0.2, 0.25) is 0 Å². The number of benzene rings is 2. The van der Waals surface area contributed by atoms with Gasteiger partial charge in [0, 0.05) is 63.0 Å². The van der Waals surface area contributed by atoms with Gasteiger partial charge in [-0.05, 0) is 62.9 Å². The molecule has 1 heterocycles. The van der Waals surface area contributed by atoms with Crippen molar-refractivity contribution < 1.29 is 19.1 Å². The van der Waals surface area contributed by atoms with E-state index in [0.717, 1.165) is 44.3 Å². The molecule has 2 fully saturated rings. The third-order valence-electron chi connectivity index (χ3n) is 8.94. The Bertz CT molecular complexity index is 1200. The van der Waals surface area contributed by atoms with E-state index < -0.39 is 12.1 Å². The Morgan fingerprint density at radius 2 is 1.56 bits per heavy atom. The van der Waals surface area contributed by atoms with Crippen molar-refractivity contribution in [3.05, 3.63) is 71.3 Å². The molecule has 2 N–H and O–H groups in total. The summed E-state index contributed by atoms with van der Waals surface area (Å²) in [6.07, 6.45) is 7.15. The summed E-state index contributed by atoms with van der Waals surface area (Å²) >= 11 is 0. The number of ether oxygens (including phenoxy) is 1. The third kappa shape index (κ3) is 10.6. The Balaban J connectivity index is 1.57. The Labute approximate surface area is 269 Å². The van der Waals surface area contributed by atoms with Crippen molar-refractivity contribution in [1.29, 1.82) is 0 Å². The van der Waals surface area contributed by atoms with Crippen LogP contribution in [0.1, 0.15) is 85.1 Å². The van der Waals surface area contributed by atoms with Crippen LogP contribution in [0.25, 0.3) is 0 Å². The molecule has 2 aliphatic rings. The molecule has 9 nitrogen and oxygen atoms in total. The van der Waals surface area contributed by atoms with Crippen molar-refractivity contribution in [2.45, 2.75) is 83.4 Å². The topological polar surface area (TPSA) is 94.2 Å². The van der Waals surface area contributed by atoms with E-state index in [1.54, 1.807) is 29.2 Å². The first-order valence-corrected chi connectivity index (χ1v) is 17.0. The summed E-state index contributed by atoms with van der Waals surface area (Å²) in [4.78, 5) is 46.5. The fraction of sp³-hybridized carbons (Fsp3) is 0.583. The zero-order valence-electron chi connectivity index (χ0n) is 27.5. The molecule has 2 aromatic carbocycles. The SMILES string of the molecule is CCCN(CCC)C(=O)c1cccc(C(=O)N[C@@H](Cc2ccccc2)[C@@H](CNC2CCCCC2)OC(=O)N2CCN(C)CC2)c1. The van der Waals surface area contributed by atoms with Gasteiger partial charge in [-0.2, -0.15) is 0 Å². The van der Waals surface area contributed by atoms with Crippen molar-refractivity contribution in [3.8, 4) is 0 Å². The molecule has 1 saturated heterocycles. The van der Waals surface area contributed by atoms with Crippen LogP contribution in [0.4, 0.5) is 4.79 Å². The molecule has 0 unspecified atom stereocenters. The van der Waals surface area contributed by atoms with Crippen LogP contribution in [0.3, 0.4) is 0 Å². The lowest BCUT2D eigenvalue weighted by atomic mass is 9.94. The molecule has 4 rings (SSSR count). The largest absolute Gasteiger partial charge is 0.443 e. The maximum Gasteiger partial charge on any atom is 0.410 e. The Kier molecular flexibility index (Phi) is 13.7. The Morgan fingerprint density at radius 1 is 0.889 bits per heavy atom. The molecule has 1 aliphatic carbocycles. The van der Waals surface area contributed by atoms with E-state index in [2.05, 4.69) is 36.4 Å². The number of nitrogens with zero attached hydrogens (tertiary/aromatic N) is 3. The van der Waals surface area contributed by atoms with E-state index in [0.29, 0.717) is 56.3 Å². The smallest absolute Gasteiger partial charge is 0.410 e. The van der Waals surface area contributed by atoms with Gasteiger partial charge in [0.05, 0.1) is 6.04 Å². The molecule has 45 heavy (non-hydrogen) atoms. The molecule has 0 radical (unpaired) electrons. The van der Waals surface area contributed by atoms with Crippen molar-refractivity contribution in [2.75, 3.05) is 52.9 Å². The average molecular weight is 620 g/mol.